The third-order valence-corrected chi connectivity index (χ3v) is 2.45. The van der Waals surface area contributed by atoms with Gasteiger partial charge in [0.15, 0.2) is 5.60 Å². The van der Waals surface area contributed by atoms with Gasteiger partial charge in [0.25, 0.3) is 0 Å². The number of rotatable bonds is 4. The van der Waals surface area contributed by atoms with E-state index < -0.39 is 17.6 Å². The fourth-order valence-electron chi connectivity index (χ4n) is 1.23. The third-order valence-electron chi connectivity index (χ3n) is 2.45. The van der Waals surface area contributed by atoms with E-state index in [-0.39, 0.29) is 0 Å². The lowest BCUT2D eigenvalue weighted by atomic mass is 9.92. The van der Waals surface area contributed by atoms with Crippen molar-refractivity contribution in [2.45, 2.75) is 25.0 Å². The first kappa shape index (κ1) is 11.7. The molecule has 0 saturated heterocycles. The Morgan fingerprint density at radius 2 is 2.00 bits per heavy atom. The summed E-state index contributed by atoms with van der Waals surface area (Å²) in [4.78, 5) is 10.7. The van der Waals surface area contributed by atoms with Gasteiger partial charge in [-0.05, 0) is 18.9 Å². The normalized spacial score (nSPS) is 16.7. The first-order chi connectivity index (χ1) is 6.94. The van der Waals surface area contributed by atoms with Crippen LogP contribution in [0.4, 0.5) is 0 Å². The van der Waals surface area contributed by atoms with Crippen LogP contribution in [0.5, 0.6) is 0 Å². The predicted octanol–water partition coefficient (Wildman–Crippen LogP) is 0.392. The fourth-order valence-corrected chi connectivity index (χ4v) is 1.23. The quantitative estimate of drug-likeness (QED) is 0.670. The molecule has 0 aliphatic carbocycles. The molecule has 2 atom stereocenters. The van der Waals surface area contributed by atoms with Crippen molar-refractivity contribution in [1.29, 1.82) is 0 Å². The van der Waals surface area contributed by atoms with Crippen LogP contribution in [0.3, 0.4) is 0 Å². The summed E-state index contributed by atoms with van der Waals surface area (Å²) >= 11 is 0. The molecule has 1 aromatic rings. The molecule has 0 amide bonds. The molecule has 4 heteroatoms. The van der Waals surface area contributed by atoms with E-state index in [1.807, 2.05) is 30.3 Å². The van der Waals surface area contributed by atoms with Crippen LogP contribution in [-0.2, 0) is 11.2 Å². The van der Waals surface area contributed by atoms with E-state index in [2.05, 4.69) is 0 Å². The van der Waals surface area contributed by atoms with Crippen LogP contribution in [0.2, 0.25) is 0 Å². The summed E-state index contributed by atoms with van der Waals surface area (Å²) in [7, 11) is 0. The summed E-state index contributed by atoms with van der Waals surface area (Å²) in [5.74, 6) is -1.30. The van der Waals surface area contributed by atoms with Crippen molar-refractivity contribution in [3.63, 3.8) is 0 Å². The number of carbonyl (C=O) groups is 1. The van der Waals surface area contributed by atoms with Gasteiger partial charge in [0.1, 0.15) is 0 Å². The molecule has 0 radical (unpaired) electrons. The maximum atomic E-state index is 10.7. The van der Waals surface area contributed by atoms with E-state index in [0.29, 0.717) is 6.42 Å². The van der Waals surface area contributed by atoms with Crippen molar-refractivity contribution in [2.24, 2.45) is 5.73 Å². The summed E-state index contributed by atoms with van der Waals surface area (Å²) in [5, 5.41) is 18.4. The Bertz CT molecular complexity index is 335. The number of aliphatic hydroxyl groups is 1. The van der Waals surface area contributed by atoms with E-state index in [1.165, 1.54) is 6.92 Å². The van der Waals surface area contributed by atoms with Crippen LogP contribution in [0.15, 0.2) is 30.3 Å². The number of nitrogens with two attached hydrogens (primary N) is 1. The van der Waals surface area contributed by atoms with E-state index in [4.69, 9.17) is 10.8 Å². The highest BCUT2D eigenvalue weighted by molar-refractivity contribution is 5.77. The molecule has 0 saturated carbocycles. The molecule has 0 fully saturated rings. The van der Waals surface area contributed by atoms with Crippen molar-refractivity contribution >= 4 is 5.97 Å². The van der Waals surface area contributed by atoms with E-state index in [9.17, 15) is 9.90 Å². The molecule has 0 bridgehead atoms. The molecule has 1 rings (SSSR count). The standard InChI is InChI=1S/C11H15NO3/c1-11(15,10(13)14)9(12)7-8-5-3-2-4-6-8/h2-6,9,15H,7,12H2,1H3,(H,13,14)/t9-,11+/m0/s1. The van der Waals surface area contributed by atoms with E-state index in [1.54, 1.807) is 0 Å². The second-order valence-electron chi connectivity index (χ2n) is 3.75. The van der Waals surface area contributed by atoms with Gasteiger partial charge >= 0.3 is 5.97 Å². The van der Waals surface area contributed by atoms with Gasteiger partial charge in [-0.1, -0.05) is 30.3 Å². The minimum absolute atomic E-state index is 0.333. The highest BCUT2D eigenvalue weighted by atomic mass is 16.4. The summed E-state index contributed by atoms with van der Waals surface area (Å²) in [6.07, 6.45) is 0.333. The molecule has 0 unspecified atom stereocenters. The van der Waals surface area contributed by atoms with Gasteiger partial charge in [-0.25, -0.2) is 4.79 Å². The Labute approximate surface area is 88.3 Å². The number of aliphatic carboxylic acids is 1. The summed E-state index contributed by atoms with van der Waals surface area (Å²) in [6, 6.07) is 8.42. The van der Waals surface area contributed by atoms with Gasteiger partial charge in [-0.15, -0.1) is 0 Å². The van der Waals surface area contributed by atoms with Gasteiger partial charge in [-0.3, -0.25) is 0 Å². The van der Waals surface area contributed by atoms with Crippen molar-refractivity contribution in [1.82, 2.24) is 0 Å². The van der Waals surface area contributed by atoms with Crippen molar-refractivity contribution in [3.05, 3.63) is 35.9 Å². The maximum absolute atomic E-state index is 10.7. The zero-order valence-electron chi connectivity index (χ0n) is 8.55. The smallest absolute Gasteiger partial charge is 0.337 e. The van der Waals surface area contributed by atoms with Crippen LogP contribution < -0.4 is 5.73 Å². The molecule has 82 valence electrons. The van der Waals surface area contributed by atoms with Gasteiger partial charge in [0, 0.05) is 6.04 Å². The van der Waals surface area contributed by atoms with Crippen LogP contribution in [0, 0.1) is 0 Å². The minimum Gasteiger partial charge on any atom is -0.479 e. The predicted molar refractivity (Wildman–Crippen MR) is 56.4 cm³/mol. The Morgan fingerprint density at radius 3 is 2.47 bits per heavy atom. The monoisotopic (exact) mass is 209 g/mol. The SMILES string of the molecule is C[C@](O)(C(=O)O)[C@@H](N)Cc1ccccc1. The number of benzene rings is 1. The minimum atomic E-state index is -1.89. The van der Waals surface area contributed by atoms with Crippen LogP contribution in [0.25, 0.3) is 0 Å². The number of hydrogen-bond acceptors (Lipinski definition) is 3. The average molecular weight is 209 g/mol. The summed E-state index contributed by atoms with van der Waals surface area (Å²) < 4.78 is 0. The van der Waals surface area contributed by atoms with Crippen LogP contribution in [-0.4, -0.2) is 27.8 Å². The largest absolute Gasteiger partial charge is 0.479 e. The van der Waals surface area contributed by atoms with Crippen LogP contribution >= 0.6 is 0 Å². The Morgan fingerprint density at radius 1 is 1.47 bits per heavy atom. The second-order valence-corrected chi connectivity index (χ2v) is 3.75. The molecule has 0 aliphatic heterocycles. The van der Waals surface area contributed by atoms with Gasteiger partial charge < -0.3 is 15.9 Å². The lowest BCUT2D eigenvalue weighted by Gasteiger charge is -2.25. The van der Waals surface area contributed by atoms with Crippen molar-refractivity contribution < 1.29 is 15.0 Å². The van der Waals surface area contributed by atoms with Gasteiger partial charge in [-0.2, -0.15) is 0 Å². The average Bonchev–Trinajstić information content (AvgIpc) is 2.18. The Kier molecular flexibility index (Phi) is 3.44. The molecule has 4 N–H and O–H groups in total. The molecule has 0 spiro atoms. The third kappa shape index (κ3) is 2.78. The lowest BCUT2D eigenvalue weighted by molar-refractivity contribution is -0.158. The summed E-state index contributed by atoms with van der Waals surface area (Å²) in [5.41, 5.74) is 4.67. The van der Waals surface area contributed by atoms with Crippen molar-refractivity contribution in [2.75, 3.05) is 0 Å². The molecule has 15 heavy (non-hydrogen) atoms. The first-order valence-electron chi connectivity index (χ1n) is 4.70. The molecule has 1 aromatic carbocycles. The summed E-state index contributed by atoms with van der Waals surface area (Å²) in [6.45, 7) is 1.21. The fraction of sp³-hybridized carbons (Fsp3) is 0.364. The lowest BCUT2D eigenvalue weighted by Crippen LogP contribution is -2.52. The maximum Gasteiger partial charge on any atom is 0.337 e. The van der Waals surface area contributed by atoms with E-state index in [0.717, 1.165) is 5.56 Å². The topological polar surface area (TPSA) is 83.5 Å². The molecular formula is C11H15NO3. The number of carboxylic acid groups (broad SMARTS) is 1. The molecular weight excluding hydrogens is 194 g/mol. The van der Waals surface area contributed by atoms with E-state index >= 15 is 0 Å². The van der Waals surface area contributed by atoms with Gasteiger partial charge in [0.05, 0.1) is 0 Å². The molecule has 0 aliphatic rings. The molecule has 0 aromatic heterocycles. The highest BCUT2D eigenvalue weighted by Crippen LogP contribution is 2.13. The van der Waals surface area contributed by atoms with Crippen molar-refractivity contribution in [3.8, 4) is 0 Å². The highest BCUT2D eigenvalue weighted by Gasteiger charge is 2.36. The Hall–Kier alpha value is -1.39. The zero-order chi connectivity index (χ0) is 11.5. The molecule has 0 heterocycles. The number of carboxylic acids is 1. The van der Waals surface area contributed by atoms with Crippen LogP contribution in [0.1, 0.15) is 12.5 Å². The second kappa shape index (κ2) is 4.42. The Balaban J connectivity index is 2.72. The van der Waals surface area contributed by atoms with Gasteiger partial charge in [0.2, 0.25) is 0 Å². The zero-order valence-corrected chi connectivity index (χ0v) is 8.55. The first-order valence-corrected chi connectivity index (χ1v) is 4.70. The molecule has 4 nitrogen and oxygen atoms in total. The number of hydrogen-bond donors (Lipinski definition) is 3.